The minimum Gasteiger partial charge on any atom is -0.0955 e. The molecule has 0 aromatic carbocycles. The summed E-state index contributed by atoms with van der Waals surface area (Å²) in [6.45, 7) is 19.5. The summed E-state index contributed by atoms with van der Waals surface area (Å²) in [7, 11) is -2.12. The van der Waals surface area contributed by atoms with Gasteiger partial charge in [-0.15, -0.1) is 0 Å². The maximum atomic E-state index is 2.65. The van der Waals surface area contributed by atoms with Gasteiger partial charge in [-0.1, -0.05) is 75.7 Å². The van der Waals surface area contributed by atoms with Crippen LogP contribution in [0.5, 0.6) is 0 Å². The van der Waals surface area contributed by atoms with Crippen LogP contribution in [0.2, 0.25) is 39.3 Å². The van der Waals surface area contributed by atoms with E-state index >= 15 is 0 Å². The lowest BCUT2D eigenvalue weighted by atomic mass is 9.78. The van der Waals surface area contributed by atoms with E-state index in [-0.39, 0.29) is 0 Å². The normalized spacial score (nSPS) is 31.1. The summed E-state index contributed by atoms with van der Waals surface area (Å²) in [6, 6.07) is 0. The van der Waals surface area contributed by atoms with Gasteiger partial charge in [-0.3, -0.25) is 0 Å². The third kappa shape index (κ3) is 5.27. The third-order valence-corrected chi connectivity index (χ3v) is 6.06. The highest BCUT2D eigenvalue weighted by atomic mass is 28.3. The molecular weight excluding hydrogens is 248 g/mol. The first-order valence-corrected chi connectivity index (χ1v) is 14.6. The van der Waals surface area contributed by atoms with Gasteiger partial charge in [0.15, 0.2) is 0 Å². The van der Waals surface area contributed by atoms with Crippen molar-refractivity contribution in [3.63, 3.8) is 0 Å². The average molecular weight is 281 g/mol. The second-order valence-corrected chi connectivity index (χ2v) is 18.4. The SMILES string of the molecule is CC1CC(=C[Si](C)(C)C)C(C)CC1=C[Si](C)(C)C. The first-order chi connectivity index (χ1) is 7.98. The second kappa shape index (κ2) is 5.50. The molecule has 2 heteroatoms. The van der Waals surface area contributed by atoms with Crippen LogP contribution in [0.3, 0.4) is 0 Å². The first-order valence-electron chi connectivity index (χ1n) is 7.41. The molecule has 0 nitrogen and oxygen atoms in total. The summed E-state index contributed by atoms with van der Waals surface area (Å²) in [4.78, 5) is 0. The Hall–Kier alpha value is -0.0862. The molecule has 1 saturated carbocycles. The number of rotatable bonds is 2. The van der Waals surface area contributed by atoms with Crippen molar-refractivity contribution in [2.24, 2.45) is 11.8 Å². The maximum absolute atomic E-state index is 2.65. The van der Waals surface area contributed by atoms with Crippen molar-refractivity contribution >= 4 is 16.1 Å². The third-order valence-electron chi connectivity index (χ3n) is 3.59. The minimum absolute atomic E-state index is 0.774. The van der Waals surface area contributed by atoms with Crippen LogP contribution in [0.4, 0.5) is 0 Å². The molecule has 1 fully saturated rings. The molecule has 0 heterocycles. The quantitative estimate of drug-likeness (QED) is 0.573. The number of hydrogen-bond acceptors (Lipinski definition) is 0. The minimum atomic E-state index is -1.06. The van der Waals surface area contributed by atoms with E-state index in [4.69, 9.17) is 0 Å². The van der Waals surface area contributed by atoms with E-state index in [1.54, 1.807) is 11.1 Å². The Morgan fingerprint density at radius 3 is 1.22 bits per heavy atom. The van der Waals surface area contributed by atoms with Gasteiger partial charge in [0.25, 0.3) is 0 Å². The zero-order chi connectivity index (χ0) is 14.1. The zero-order valence-electron chi connectivity index (χ0n) is 13.7. The predicted molar refractivity (Wildman–Crippen MR) is 90.4 cm³/mol. The highest BCUT2D eigenvalue weighted by Gasteiger charge is 2.26. The second-order valence-electron chi connectivity index (χ2n) is 8.38. The van der Waals surface area contributed by atoms with Crippen molar-refractivity contribution in [2.45, 2.75) is 66.0 Å². The molecular formula is C16H32Si2. The molecule has 18 heavy (non-hydrogen) atoms. The Morgan fingerprint density at radius 1 is 0.722 bits per heavy atom. The van der Waals surface area contributed by atoms with Gasteiger partial charge in [0.05, 0.1) is 16.1 Å². The van der Waals surface area contributed by atoms with E-state index in [1.165, 1.54) is 12.8 Å². The topological polar surface area (TPSA) is 0 Å². The monoisotopic (exact) mass is 280 g/mol. The van der Waals surface area contributed by atoms with Gasteiger partial charge in [0.1, 0.15) is 0 Å². The summed E-state index contributed by atoms with van der Waals surface area (Å²) >= 11 is 0. The van der Waals surface area contributed by atoms with Crippen molar-refractivity contribution in [1.82, 2.24) is 0 Å². The molecule has 0 aromatic rings. The van der Waals surface area contributed by atoms with Crippen molar-refractivity contribution in [3.05, 3.63) is 22.5 Å². The van der Waals surface area contributed by atoms with E-state index < -0.39 is 16.1 Å². The molecule has 1 rings (SSSR count). The number of hydrogen-bond donors (Lipinski definition) is 0. The fourth-order valence-electron chi connectivity index (χ4n) is 2.89. The van der Waals surface area contributed by atoms with Crippen molar-refractivity contribution < 1.29 is 0 Å². The predicted octanol–water partition coefficient (Wildman–Crippen LogP) is 5.66. The van der Waals surface area contributed by atoms with Crippen LogP contribution >= 0.6 is 0 Å². The molecule has 0 N–H and O–H groups in total. The molecule has 2 atom stereocenters. The molecule has 0 aliphatic heterocycles. The van der Waals surface area contributed by atoms with Gasteiger partial charge in [0.2, 0.25) is 0 Å². The van der Waals surface area contributed by atoms with Crippen LogP contribution in [-0.2, 0) is 0 Å². The summed E-state index contributed by atoms with van der Waals surface area (Å²) in [5, 5.41) is 0. The lowest BCUT2D eigenvalue weighted by molar-refractivity contribution is 0.489. The van der Waals surface area contributed by atoms with E-state index in [2.05, 4.69) is 64.5 Å². The average Bonchev–Trinajstić information content (AvgIpc) is 2.08. The van der Waals surface area contributed by atoms with E-state index in [0.29, 0.717) is 0 Å². The van der Waals surface area contributed by atoms with E-state index in [9.17, 15) is 0 Å². The van der Waals surface area contributed by atoms with Gasteiger partial charge in [-0.2, -0.15) is 0 Å². The smallest absolute Gasteiger partial charge is 0.0686 e. The molecule has 1 aliphatic carbocycles. The summed E-state index contributed by atoms with van der Waals surface area (Å²) < 4.78 is 0. The van der Waals surface area contributed by atoms with Crippen LogP contribution in [0, 0.1) is 11.8 Å². The summed E-state index contributed by atoms with van der Waals surface area (Å²) in [5.41, 5.74) is 8.79. The first kappa shape index (κ1) is 16.0. The Bertz CT molecular complexity index is 314. The Balaban J connectivity index is 2.90. The van der Waals surface area contributed by atoms with Crippen molar-refractivity contribution in [1.29, 1.82) is 0 Å². The Labute approximate surface area is 117 Å². The van der Waals surface area contributed by atoms with E-state index in [0.717, 1.165) is 11.8 Å². The zero-order valence-corrected chi connectivity index (χ0v) is 15.7. The molecule has 104 valence electrons. The van der Waals surface area contributed by atoms with Crippen LogP contribution < -0.4 is 0 Å². The summed E-state index contributed by atoms with van der Waals surface area (Å²) in [5.74, 6) is 1.55. The molecule has 0 bridgehead atoms. The van der Waals surface area contributed by atoms with Gasteiger partial charge < -0.3 is 0 Å². The lowest BCUT2D eigenvalue weighted by Crippen LogP contribution is -2.25. The van der Waals surface area contributed by atoms with E-state index in [1.807, 2.05) is 0 Å². The highest BCUT2D eigenvalue weighted by molar-refractivity contribution is 6.81. The van der Waals surface area contributed by atoms with Crippen molar-refractivity contribution in [2.75, 3.05) is 0 Å². The van der Waals surface area contributed by atoms with Gasteiger partial charge in [-0.25, -0.2) is 0 Å². The fourth-order valence-corrected chi connectivity index (χ4v) is 5.92. The molecule has 0 amide bonds. The van der Waals surface area contributed by atoms with Crippen LogP contribution in [0.1, 0.15) is 26.7 Å². The lowest BCUT2D eigenvalue weighted by Gasteiger charge is -2.33. The molecule has 0 saturated heterocycles. The molecule has 0 radical (unpaired) electrons. The van der Waals surface area contributed by atoms with Crippen molar-refractivity contribution in [3.8, 4) is 0 Å². The highest BCUT2D eigenvalue weighted by Crippen LogP contribution is 2.38. The molecule has 2 unspecified atom stereocenters. The van der Waals surface area contributed by atoms with Crippen LogP contribution in [0.15, 0.2) is 22.5 Å². The molecule has 0 spiro atoms. The molecule has 1 aliphatic rings. The van der Waals surface area contributed by atoms with Gasteiger partial charge in [-0.05, 0) is 24.7 Å². The maximum Gasteiger partial charge on any atom is 0.0686 e. The summed E-state index contributed by atoms with van der Waals surface area (Å²) in [6.07, 6.45) is 2.61. The molecule has 0 aromatic heterocycles. The Morgan fingerprint density at radius 2 is 1.00 bits per heavy atom. The largest absolute Gasteiger partial charge is 0.0955 e. The van der Waals surface area contributed by atoms with Crippen LogP contribution in [-0.4, -0.2) is 16.1 Å². The van der Waals surface area contributed by atoms with Gasteiger partial charge in [0, 0.05) is 0 Å². The van der Waals surface area contributed by atoms with Crippen LogP contribution in [0.25, 0.3) is 0 Å². The van der Waals surface area contributed by atoms with Gasteiger partial charge >= 0.3 is 0 Å². The fraction of sp³-hybridized carbons (Fsp3) is 0.750. The standard InChI is InChI=1S/C16H32Si2/c1-13-9-16(12-18(6,7)8)14(2)10-15(13)11-17(3,4)5/h11-14H,9-10H2,1-8H3. The Kier molecular flexibility index (Phi) is 4.88. The number of allylic oxidation sites excluding steroid dienone is 2.